The Morgan fingerprint density at radius 1 is 0.947 bits per heavy atom. The topological polar surface area (TPSA) is 26.0 Å². The predicted octanol–water partition coefficient (Wildman–Crippen LogP) is 5.82. The van der Waals surface area contributed by atoms with Gasteiger partial charge in [-0.2, -0.15) is 0 Å². The van der Waals surface area contributed by atoms with E-state index in [2.05, 4.69) is 0 Å². The number of rotatable bonds is 3. The van der Waals surface area contributed by atoms with Gasteiger partial charge in [0.15, 0.2) is 0 Å². The molecule has 0 radical (unpaired) electrons. The van der Waals surface area contributed by atoms with Crippen molar-refractivity contribution in [1.82, 2.24) is 0 Å². The van der Waals surface area contributed by atoms with Crippen molar-refractivity contribution in [1.29, 1.82) is 0 Å². The van der Waals surface area contributed by atoms with Crippen LogP contribution in [0.25, 0.3) is 0 Å². The van der Waals surface area contributed by atoms with Gasteiger partial charge in [-0.25, -0.2) is 0 Å². The summed E-state index contributed by atoms with van der Waals surface area (Å²) in [6.45, 7) is 1.92. The van der Waals surface area contributed by atoms with Crippen molar-refractivity contribution in [2.75, 3.05) is 0 Å². The zero-order valence-corrected chi connectivity index (χ0v) is 13.2. The first-order valence-electron chi connectivity index (χ1n) is 5.65. The van der Waals surface area contributed by atoms with Crippen LogP contribution in [-0.4, -0.2) is 0 Å². The van der Waals surface area contributed by atoms with Gasteiger partial charge in [-0.1, -0.05) is 52.6 Å². The molecule has 0 aliphatic rings. The van der Waals surface area contributed by atoms with Gasteiger partial charge in [0.2, 0.25) is 0 Å². The minimum Gasteiger partial charge on any atom is -0.324 e. The van der Waals surface area contributed by atoms with Crippen LogP contribution in [0.2, 0.25) is 15.1 Å². The van der Waals surface area contributed by atoms with Gasteiger partial charge in [0.1, 0.15) is 0 Å². The van der Waals surface area contributed by atoms with Crippen LogP contribution < -0.4 is 5.73 Å². The SMILES string of the molecule is C[C@@H](N)c1ccc(Sc2cc(Cl)ccc2Cl)c(Cl)c1. The molecule has 0 aliphatic carbocycles. The van der Waals surface area contributed by atoms with Crippen LogP contribution in [0.1, 0.15) is 18.5 Å². The van der Waals surface area contributed by atoms with Crippen LogP contribution in [-0.2, 0) is 0 Å². The molecule has 0 heterocycles. The van der Waals surface area contributed by atoms with Crippen LogP contribution >= 0.6 is 46.6 Å². The fraction of sp³-hybridized carbons (Fsp3) is 0.143. The third-order valence-corrected chi connectivity index (χ3v) is 4.83. The lowest BCUT2D eigenvalue weighted by atomic mass is 10.1. The largest absolute Gasteiger partial charge is 0.324 e. The van der Waals surface area contributed by atoms with Gasteiger partial charge in [-0.3, -0.25) is 0 Å². The molecule has 1 nitrogen and oxygen atoms in total. The number of hydrogen-bond donors (Lipinski definition) is 1. The minimum absolute atomic E-state index is 0.0358. The van der Waals surface area contributed by atoms with E-state index in [0.717, 1.165) is 15.4 Å². The van der Waals surface area contributed by atoms with Crippen molar-refractivity contribution in [3.63, 3.8) is 0 Å². The highest BCUT2D eigenvalue weighted by Crippen LogP contribution is 2.38. The predicted molar refractivity (Wildman–Crippen MR) is 84.6 cm³/mol. The highest BCUT2D eigenvalue weighted by Gasteiger charge is 2.09. The molecule has 100 valence electrons. The van der Waals surface area contributed by atoms with Gasteiger partial charge in [-0.15, -0.1) is 0 Å². The Bertz CT molecular complexity index is 599. The maximum Gasteiger partial charge on any atom is 0.0548 e. The van der Waals surface area contributed by atoms with E-state index in [1.54, 1.807) is 12.1 Å². The quantitative estimate of drug-likeness (QED) is 0.766. The van der Waals surface area contributed by atoms with E-state index in [-0.39, 0.29) is 6.04 Å². The molecule has 19 heavy (non-hydrogen) atoms. The average Bonchev–Trinajstić information content (AvgIpc) is 2.36. The summed E-state index contributed by atoms with van der Waals surface area (Å²) in [5.74, 6) is 0. The Hall–Kier alpha value is -0.380. The first-order chi connectivity index (χ1) is 8.97. The summed E-state index contributed by atoms with van der Waals surface area (Å²) in [4.78, 5) is 1.81. The third kappa shape index (κ3) is 3.80. The smallest absolute Gasteiger partial charge is 0.0548 e. The number of benzene rings is 2. The molecule has 0 amide bonds. The van der Waals surface area contributed by atoms with Crippen molar-refractivity contribution in [3.05, 3.63) is 57.0 Å². The summed E-state index contributed by atoms with van der Waals surface area (Å²) in [5.41, 5.74) is 6.83. The molecule has 0 spiro atoms. The van der Waals surface area contributed by atoms with Gasteiger partial charge in [0.05, 0.1) is 10.0 Å². The summed E-state index contributed by atoms with van der Waals surface area (Å²) in [6.07, 6.45) is 0. The van der Waals surface area contributed by atoms with E-state index in [9.17, 15) is 0 Å². The molecule has 2 aromatic rings. The molecular formula is C14H12Cl3NS. The Balaban J connectivity index is 2.31. The Morgan fingerprint density at radius 2 is 1.68 bits per heavy atom. The molecule has 0 unspecified atom stereocenters. The molecule has 5 heteroatoms. The highest BCUT2D eigenvalue weighted by molar-refractivity contribution is 7.99. The molecule has 2 N–H and O–H groups in total. The highest BCUT2D eigenvalue weighted by atomic mass is 35.5. The molecule has 1 atom stereocenters. The molecule has 2 aromatic carbocycles. The molecule has 0 aromatic heterocycles. The monoisotopic (exact) mass is 331 g/mol. The minimum atomic E-state index is -0.0358. The van der Waals surface area contributed by atoms with Gasteiger partial charge in [0, 0.05) is 20.9 Å². The lowest BCUT2D eigenvalue weighted by Gasteiger charge is -2.10. The molecule has 0 saturated heterocycles. The normalized spacial score (nSPS) is 12.5. The van der Waals surface area contributed by atoms with Crippen molar-refractivity contribution in [2.45, 2.75) is 22.8 Å². The van der Waals surface area contributed by atoms with E-state index in [1.807, 2.05) is 31.2 Å². The van der Waals surface area contributed by atoms with Crippen molar-refractivity contribution in [3.8, 4) is 0 Å². The number of hydrogen-bond acceptors (Lipinski definition) is 2. The van der Waals surface area contributed by atoms with Gasteiger partial charge in [0.25, 0.3) is 0 Å². The summed E-state index contributed by atoms with van der Waals surface area (Å²) >= 11 is 19.9. The van der Waals surface area contributed by atoms with Gasteiger partial charge in [-0.05, 0) is 42.8 Å². The molecule has 0 fully saturated rings. The number of halogens is 3. The maximum absolute atomic E-state index is 6.26. The second-order valence-electron chi connectivity index (χ2n) is 4.16. The average molecular weight is 333 g/mol. The van der Waals surface area contributed by atoms with Crippen molar-refractivity contribution >= 4 is 46.6 Å². The third-order valence-electron chi connectivity index (χ3n) is 2.59. The molecule has 2 rings (SSSR count). The van der Waals surface area contributed by atoms with Crippen molar-refractivity contribution in [2.24, 2.45) is 5.73 Å². The molecule has 0 aliphatic heterocycles. The Kier molecular flexibility index (Phi) is 5.04. The summed E-state index contributed by atoms with van der Waals surface area (Å²) < 4.78 is 0. The van der Waals surface area contributed by atoms with E-state index >= 15 is 0 Å². The zero-order chi connectivity index (χ0) is 14.0. The van der Waals surface area contributed by atoms with Crippen molar-refractivity contribution < 1.29 is 0 Å². The summed E-state index contributed by atoms with van der Waals surface area (Å²) in [7, 11) is 0. The maximum atomic E-state index is 6.26. The first-order valence-corrected chi connectivity index (χ1v) is 7.60. The second kappa shape index (κ2) is 6.38. The van der Waals surface area contributed by atoms with Crippen LogP contribution in [0.4, 0.5) is 0 Å². The molecular weight excluding hydrogens is 321 g/mol. The lowest BCUT2D eigenvalue weighted by Crippen LogP contribution is -2.04. The zero-order valence-electron chi connectivity index (χ0n) is 10.2. The van der Waals surface area contributed by atoms with Gasteiger partial charge >= 0.3 is 0 Å². The van der Waals surface area contributed by atoms with E-state index < -0.39 is 0 Å². The summed E-state index contributed by atoms with van der Waals surface area (Å²) in [5, 5.41) is 1.97. The van der Waals surface area contributed by atoms with Crippen LogP contribution in [0.3, 0.4) is 0 Å². The fourth-order valence-corrected chi connectivity index (χ4v) is 3.21. The fourth-order valence-electron chi connectivity index (χ4n) is 1.56. The second-order valence-corrected chi connectivity index (χ2v) is 6.49. The first kappa shape index (κ1) is 15.0. The molecule has 0 saturated carbocycles. The van der Waals surface area contributed by atoms with E-state index in [0.29, 0.717) is 15.1 Å². The molecule has 0 bridgehead atoms. The van der Waals surface area contributed by atoms with Gasteiger partial charge < -0.3 is 5.73 Å². The summed E-state index contributed by atoms with van der Waals surface area (Å²) in [6, 6.07) is 11.1. The Morgan fingerprint density at radius 3 is 2.32 bits per heavy atom. The standard InChI is InChI=1S/C14H12Cl3NS/c1-8(18)9-2-5-13(12(17)6-9)19-14-7-10(15)3-4-11(14)16/h2-8H,18H2,1H3/t8-/m1/s1. The lowest BCUT2D eigenvalue weighted by molar-refractivity contribution is 0.817. The van der Waals surface area contributed by atoms with Crippen LogP contribution in [0, 0.1) is 0 Å². The number of nitrogens with two attached hydrogens (primary N) is 1. The Labute approximate surface area is 132 Å². The van der Waals surface area contributed by atoms with E-state index in [4.69, 9.17) is 40.5 Å². The van der Waals surface area contributed by atoms with Crippen LogP contribution in [0.5, 0.6) is 0 Å². The van der Waals surface area contributed by atoms with Crippen LogP contribution in [0.15, 0.2) is 46.2 Å². The van der Waals surface area contributed by atoms with E-state index in [1.165, 1.54) is 11.8 Å².